The second kappa shape index (κ2) is 8.10. The monoisotopic (exact) mass is 394 g/mol. The maximum absolute atomic E-state index is 12.6. The van der Waals surface area contributed by atoms with Crippen LogP contribution in [-0.4, -0.2) is 26.6 Å². The van der Waals surface area contributed by atoms with E-state index < -0.39 is 22.0 Å². The Bertz CT molecular complexity index is 896. The quantitative estimate of drug-likeness (QED) is 0.805. The molecule has 1 atom stereocenters. The summed E-state index contributed by atoms with van der Waals surface area (Å²) in [6.45, 7) is 5.44. The van der Waals surface area contributed by atoms with Crippen molar-refractivity contribution >= 4 is 38.9 Å². The molecule has 0 aliphatic heterocycles. The molecule has 0 bridgehead atoms. The summed E-state index contributed by atoms with van der Waals surface area (Å²) in [6.07, 6.45) is 1.94. The molecule has 0 aliphatic carbocycles. The predicted molar refractivity (Wildman–Crippen MR) is 107 cm³/mol. The van der Waals surface area contributed by atoms with Gasteiger partial charge in [-0.05, 0) is 55.7 Å². The van der Waals surface area contributed by atoms with Crippen molar-refractivity contribution in [1.82, 2.24) is 0 Å². The lowest BCUT2D eigenvalue weighted by atomic mass is 10.1. The third kappa shape index (κ3) is 4.77. The average molecular weight is 395 g/mol. The van der Waals surface area contributed by atoms with Gasteiger partial charge >= 0.3 is 0 Å². The van der Waals surface area contributed by atoms with E-state index in [9.17, 15) is 13.2 Å². The van der Waals surface area contributed by atoms with Gasteiger partial charge in [0.1, 0.15) is 6.04 Å². The number of aryl methyl sites for hydroxylation is 2. The number of sulfonamides is 1. The SMILES string of the molecule is CCc1ccc(N([C@@H](C)C(=O)Nc2ccc(C)c(Cl)c2)S(C)(=O)=O)cc1. The Hall–Kier alpha value is -2.05. The van der Waals surface area contributed by atoms with Gasteiger partial charge in [-0.2, -0.15) is 0 Å². The molecule has 0 fully saturated rings. The minimum Gasteiger partial charge on any atom is -0.324 e. The first-order chi connectivity index (χ1) is 12.1. The number of rotatable bonds is 6. The number of nitrogens with one attached hydrogen (secondary N) is 1. The van der Waals surface area contributed by atoms with Gasteiger partial charge in [-0.3, -0.25) is 9.10 Å². The highest BCUT2D eigenvalue weighted by molar-refractivity contribution is 7.92. The second-order valence-electron chi connectivity index (χ2n) is 6.21. The van der Waals surface area contributed by atoms with Crippen molar-refractivity contribution in [2.24, 2.45) is 0 Å². The highest BCUT2D eigenvalue weighted by Gasteiger charge is 2.29. The van der Waals surface area contributed by atoms with Gasteiger partial charge in [0, 0.05) is 10.7 Å². The standard InChI is InChI=1S/C19H23ClN2O3S/c1-5-15-7-10-17(11-8-15)22(26(4,24)25)14(3)19(23)21-16-9-6-13(2)18(20)12-16/h6-12,14H,5H2,1-4H3,(H,21,23)/t14-/m0/s1. The Morgan fingerprint density at radius 3 is 2.31 bits per heavy atom. The lowest BCUT2D eigenvalue weighted by Gasteiger charge is -2.28. The molecular formula is C19H23ClN2O3S. The third-order valence-corrected chi connectivity index (χ3v) is 5.78. The summed E-state index contributed by atoms with van der Waals surface area (Å²) < 4.78 is 25.7. The first-order valence-electron chi connectivity index (χ1n) is 8.29. The fraction of sp³-hybridized carbons (Fsp3) is 0.316. The Morgan fingerprint density at radius 2 is 1.81 bits per heavy atom. The number of nitrogens with zero attached hydrogens (tertiary/aromatic N) is 1. The van der Waals surface area contributed by atoms with Crippen molar-refractivity contribution in [2.45, 2.75) is 33.2 Å². The first-order valence-corrected chi connectivity index (χ1v) is 10.5. The van der Waals surface area contributed by atoms with Gasteiger partial charge in [-0.15, -0.1) is 0 Å². The molecule has 26 heavy (non-hydrogen) atoms. The zero-order valence-electron chi connectivity index (χ0n) is 15.3. The molecule has 5 nitrogen and oxygen atoms in total. The van der Waals surface area contributed by atoms with Gasteiger partial charge in [-0.25, -0.2) is 8.42 Å². The first kappa shape index (κ1) is 20.3. The topological polar surface area (TPSA) is 66.5 Å². The molecule has 0 radical (unpaired) electrons. The van der Waals surface area contributed by atoms with Crippen LogP contribution >= 0.6 is 11.6 Å². The number of hydrogen-bond donors (Lipinski definition) is 1. The summed E-state index contributed by atoms with van der Waals surface area (Å²) in [5.41, 5.74) is 2.96. The fourth-order valence-electron chi connectivity index (χ4n) is 2.60. The molecule has 2 rings (SSSR count). The minimum absolute atomic E-state index is 0.435. The van der Waals surface area contributed by atoms with E-state index in [1.807, 2.05) is 26.0 Å². The van der Waals surface area contributed by atoms with E-state index in [2.05, 4.69) is 5.32 Å². The zero-order valence-corrected chi connectivity index (χ0v) is 16.9. The lowest BCUT2D eigenvalue weighted by molar-refractivity contribution is -0.116. The number of amides is 1. The number of carbonyl (C=O) groups is 1. The van der Waals surface area contributed by atoms with Crippen LogP contribution in [0.15, 0.2) is 42.5 Å². The average Bonchev–Trinajstić information content (AvgIpc) is 2.57. The van der Waals surface area contributed by atoms with Crippen molar-refractivity contribution in [2.75, 3.05) is 15.9 Å². The molecule has 0 unspecified atom stereocenters. The van der Waals surface area contributed by atoms with E-state index in [-0.39, 0.29) is 0 Å². The molecule has 0 heterocycles. The molecular weight excluding hydrogens is 372 g/mol. The second-order valence-corrected chi connectivity index (χ2v) is 8.47. The van der Waals surface area contributed by atoms with Crippen LogP contribution in [-0.2, 0) is 21.2 Å². The van der Waals surface area contributed by atoms with Crippen LogP contribution in [0.5, 0.6) is 0 Å². The lowest BCUT2D eigenvalue weighted by Crippen LogP contribution is -2.45. The van der Waals surface area contributed by atoms with Gasteiger partial charge in [0.25, 0.3) is 0 Å². The van der Waals surface area contributed by atoms with E-state index in [0.717, 1.165) is 28.1 Å². The molecule has 2 aromatic carbocycles. The summed E-state index contributed by atoms with van der Waals surface area (Å²) in [7, 11) is -3.64. The van der Waals surface area contributed by atoms with Gasteiger partial charge in [0.2, 0.25) is 15.9 Å². The van der Waals surface area contributed by atoms with Gasteiger partial charge < -0.3 is 5.32 Å². The van der Waals surface area contributed by atoms with Crippen LogP contribution in [0.3, 0.4) is 0 Å². The molecule has 0 aromatic heterocycles. The fourth-order valence-corrected chi connectivity index (χ4v) is 3.96. The van der Waals surface area contributed by atoms with Crippen LogP contribution in [0, 0.1) is 6.92 Å². The molecule has 0 spiro atoms. The van der Waals surface area contributed by atoms with Crippen molar-refractivity contribution in [3.05, 3.63) is 58.6 Å². The van der Waals surface area contributed by atoms with Crippen molar-refractivity contribution < 1.29 is 13.2 Å². The normalized spacial score (nSPS) is 12.5. The highest BCUT2D eigenvalue weighted by Crippen LogP contribution is 2.24. The summed E-state index contributed by atoms with van der Waals surface area (Å²) in [5.74, 6) is -0.435. The number of carbonyl (C=O) groups excluding carboxylic acids is 1. The van der Waals surface area contributed by atoms with E-state index in [0.29, 0.717) is 16.4 Å². The van der Waals surface area contributed by atoms with Crippen molar-refractivity contribution in [1.29, 1.82) is 0 Å². The predicted octanol–water partition coefficient (Wildman–Crippen LogP) is 4.00. The largest absolute Gasteiger partial charge is 0.324 e. The summed E-state index contributed by atoms with van der Waals surface area (Å²) >= 11 is 6.08. The van der Waals surface area contributed by atoms with Crippen LogP contribution in [0.1, 0.15) is 25.0 Å². The van der Waals surface area contributed by atoms with Crippen LogP contribution in [0.2, 0.25) is 5.02 Å². The van der Waals surface area contributed by atoms with Gasteiger partial charge in [-0.1, -0.05) is 36.7 Å². The number of hydrogen-bond acceptors (Lipinski definition) is 3. The molecule has 0 saturated carbocycles. The van der Waals surface area contributed by atoms with Crippen LogP contribution in [0.25, 0.3) is 0 Å². The molecule has 2 aromatic rings. The Labute approximate surface area is 160 Å². The maximum Gasteiger partial charge on any atom is 0.247 e. The Kier molecular flexibility index (Phi) is 6.31. The van der Waals surface area contributed by atoms with E-state index in [1.165, 1.54) is 0 Å². The minimum atomic E-state index is -3.64. The number of anilines is 2. The molecule has 7 heteroatoms. The number of halogens is 1. The summed E-state index contributed by atoms with van der Waals surface area (Å²) in [4.78, 5) is 12.6. The molecule has 1 amide bonds. The van der Waals surface area contributed by atoms with Crippen LogP contribution in [0.4, 0.5) is 11.4 Å². The summed E-state index contributed by atoms with van der Waals surface area (Å²) in [6, 6.07) is 11.4. The van der Waals surface area contributed by atoms with E-state index >= 15 is 0 Å². The van der Waals surface area contributed by atoms with Gasteiger partial charge in [0.15, 0.2) is 0 Å². The highest BCUT2D eigenvalue weighted by atomic mass is 35.5. The van der Waals surface area contributed by atoms with Crippen molar-refractivity contribution in [3.63, 3.8) is 0 Å². The molecule has 0 aliphatic rings. The van der Waals surface area contributed by atoms with E-state index in [1.54, 1.807) is 37.3 Å². The summed E-state index contributed by atoms with van der Waals surface area (Å²) in [5, 5.41) is 3.26. The Balaban J connectivity index is 2.29. The van der Waals surface area contributed by atoms with E-state index in [4.69, 9.17) is 11.6 Å². The smallest absolute Gasteiger partial charge is 0.247 e. The maximum atomic E-state index is 12.6. The zero-order chi connectivity index (χ0) is 19.5. The van der Waals surface area contributed by atoms with Crippen molar-refractivity contribution in [3.8, 4) is 0 Å². The Morgan fingerprint density at radius 1 is 1.19 bits per heavy atom. The van der Waals surface area contributed by atoms with Gasteiger partial charge in [0.05, 0.1) is 11.9 Å². The number of benzene rings is 2. The van der Waals surface area contributed by atoms with Crippen LogP contribution < -0.4 is 9.62 Å². The third-order valence-electron chi connectivity index (χ3n) is 4.13. The molecule has 140 valence electrons. The molecule has 0 saturated heterocycles. The molecule has 1 N–H and O–H groups in total.